The second kappa shape index (κ2) is 6.57. The highest BCUT2D eigenvalue weighted by molar-refractivity contribution is 5.85. The van der Waals surface area contributed by atoms with Crippen molar-refractivity contribution in [3.05, 3.63) is 34.9 Å². The van der Waals surface area contributed by atoms with E-state index in [2.05, 4.69) is 5.32 Å². The van der Waals surface area contributed by atoms with E-state index in [9.17, 15) is 31.6 Å². The quantitative estimate of drug-likeness (QED) is 0.760. The molecule has 2 nitrogen and oxygen atoms in total. The van der Waals surface area contributed by atoms with Crippen molar-refractivity contribution in [1.29, 1.82) is 5.26 Å². The monoisotopic (exact) mass is 358 g/mol. The van der Waals surface area contributed by atoms with Crippen LogP contribution in [0.5, 0.6) is 0 Å². The molecule has 1 N–H and O–H groups in total. The third-order valence-electron chi connectivity index (χ3n) is 3.81. The Bertz CT molecular complexity index is 565. The molecule has 1 fully saturated rings. The van der Waals surface area contributed by atoms with E-state index in [1.165, 1.54) is 0 Å². The minimum Gasteiger partial charge on any atom is -0.317 e. The smallest absolute Gasteiger partial charge is 0.317 e. The topological polar surface area (TPSA) is 35.8 Å². The Kier molecular flexibility index (Phi) is 5.60. The molecule has 1 aromatic carbocycles. The number of rotatable bonds is 1. The first-order valence-corrected chi connectivity index (χ1v) is 6.50. The summed E-state index contributed by atoms with van der Waals surface area (Å²) in [6.45, 7) is 0.732. The van der Waals surface area contributed by atoms with Crippen molar-refractivity contribution < 1.29 is 26.3 Å². The Labute approximate surface area is 134 Å². The van der Waals surface area contributed by atoms with Crippen LogP contribution in [0, 0.1) is 11.3 Å². The SMILES string of the molecule is Cl.N#CC1(c2cc(C(F)(F)F)cc(C(F)(F)F)c2)CCNCC1. The van der Waals surface area contributed by atoms with E-state index in [1.807, 2.05) is 6.07 Å². The average Bonchev–Trinajstić information content (AvgIpc) is 2.45. The Morgan fingerprint density at radius 1 is 0.913 bits per heavy atom. The fourth-order valence-corrected chi connectivity index (χ4v) is 2.55. The maximum Gasteiger partial charge on any atom is 0.416 e. The number of halogens is 7. The van der Waals surface area contributed by atoms with Crippen molar-refractivity contribution in [2.45, 2.75) is 30.6 Å². The zero-order valence-electron chi connectivity index (χ0n) is 11.7. The van der Waals surface area contributed by atoms with Gasteiger partial charge in [0.2, 0.25) is 0 Å². The number of hydrogen-bond acceptors (Lipinski definition) is 2. The molecule has 0 atom stereocenters. The fourth-order valence-electron chi connectivity index (χ4n) is 2.55. The number of hydrogen-bond donors (Lipinski definition) is 1. The van der Waals surface area contributed by atoms with Gasteiger partial charge in [0.15, 0.2) is 0 Å². The van der Waals surface area contributed by atoms with Crippen LogP contribution in [0.25, 0.3) is 0 Å². The largest absolute Gasteiger partial charge is 0.416 e. The highest BCUT2D eigenvalue weighted by Gasteiger charge is 2.41. The van der Waals surface area contributed by atoms with E-state index in [-0.39, 0.29) is 36.9 Å². The zero-order valence-corrected chi connectivity index (χ0v) is 12.5. The lowest BCUT2D eigenvalue weighted by molar-refractivity contribution is -0.143. The first-order valence-electron chi connectivity index (χ1n) is 6.50. The van der Waals surface area contributed by atoms with E-state index < -0.39 is 28.9 Å². The van der Waals surface area contributed by atoms with Crippen LogP contribution >= 0.6 is 12.4 Å². The number of benzene rings is 1. The van der Waals surface area contributed by atoms with Crippen LogP contribution in [0.15, 0.2) is 18.2 Å². The van der Waals surface area contributed by atoms with Gasteiger partial charge in [-0.2, -0.15) is 31.6 Å². The summed E-state index contributed by atoms with van der Waals surface area (Å²) in [6, 6.07) is 3.31. The molecule has 1 aromatic rings. The standard InChI is InChI=1S/C14H12F6N2.ClH/c15-13(16,17)10-5-9(6-11(7-10)14(18,19)20)12(8-21)1-3-22-4-2-12;/h5-7,22H,1-4H2;1H. The summed E-state index contributed by atoms with van der Waals surface area (Å²) in [4.78, 5) is 0. The molecule has 23 heavy (non-hydrogen) atoms. The molecule has 1 saturated heterocycles. The van der Waals surface area contributed by atoms with Crippen molar-refractivity contribution in [1.82, 2.24) is 5.32 Å². The molecule has 0 unspecified atom stereocenters. The predicted molar refractivity (Wildman–Crippen MR) is 73.1 cm³/mol. The van der Waals surface area contributed by atoms with Gasteiger partial charge in [-0.3, -0.25) is 0 Å². The lowest BCUT2D eigenvalue weighted by atomic mass is 9.73. The summed E-state index contributed by atoms with van der Waals surface area (Å²) in [5.41, 5.74) is -4.32. The van der Waals surface area contributed by atoms with E-state index in [0.29, 0.717) is 25.2 Å². The van der Waals surface area contributed by atoms with Crippen molar-refractivity contribution in [2.24, 2.45) is 0 Å². The van der Waals surface area contributed by atoms with E-state index >= 15 is 0 Å². The lowest BCUT2D eigenvalue weighted by Crippen LogP contribution is -2.39. The number of nitrogens with zero attached hydrogens (tertiary/aromatic N) is 1. The van der Waals surface area contributed by atoms with E-state index in [1.54, 1.807) is 0 Å². The number of alkyl halides is 6. The highest BCUT2D eigenvalue weighted by Crippen LogP contribution is 2.41. The molecule has 128 valence electrons. The van der Waals surface area contributed by atoms with Gasteiger partial charge in [-0.25, -0.2) is 0 Å². The van der Waals surface area contributed by atoms with Gasteiger partial charge in [0.1, 0.15) is 0 Å². The van der Waals surface area contributed by atoms with Crippen molar-refractivity contribution in [3.8, 4) is 6.07 Å². The minimum absolute atomic E-state index is 0. The summed E-state index contributed by atoms with van der Waals surface area (Å²) in [7, 11) is 0. The average molecular weight is 359 g/mol. The Morgan fingerprint density at radius 2 is 1.35 bits per heavy atom. The van der Waals surface area contributed by atoms with Crippen LogP contribution in [0.2, 0.25) is 0 Å². The summed E-state index contributed by atoms with van der Waals surface area (Å²) in [5.74, 6) is 0. The fraction of sp³-hybridized carbons (Fsp3) is 0.500. The molecule has 1 heterocycles. The summed E-state index contributed by atoms with van der Waals surface area (Å²) >= 11 is 0. The first kappa shape index (κ1) is 19.6. The molecular weight excluding hydrogens is 346 g/mol. The van der Waals surface area contributed by atoms with Crippen molar-refractivity contribution in [3.63, 3.8) is 0 Å². The Hall–Kier alpha value is -1.46. The third-order valence-corrected chi connectivity index (χ3v) is 3.81. The van der Waals surface area contributed by atoms with Gasteiger partial charge >= 0.3 is 12.4 Å². The van der Waals surface area contributed by atoms with Gasteiger partial charge in [-0.05, 0) is 49.7 Å². The van der Waals surface area contributed by atoms with Gasteiger partial charge in [0.05, 0.1) is 22.6 Å². The van der Waals surface area contributed by atoms with Gasteiger partial charge in [-0.15, -0.1) is 12.4 Å². The van der Waals surface area contributed by atoms with Crippen LogP contribution < -0.4 is 5.32 Å². The summed E-state index contributed by atoms with van der Waals surface area (Å²) in [6.07, 6.45) is -9.47. The molecule has 0 radical (unpaired) electrons. The maximum absolute atomic E-state index is 12.9. The van der Waals surface area contributed by atoms with Gasteiger partial charge in [0, 0.05) is 0 Å². The molecule has 0 aromatic heterocycles. The molecule has 0 aliphatic carbocycles. The van der Waals surface area contributed by atoms with Crippen LogP contribution in [0.1, 0.15) is 29.5 Å². The first-order chi connectivity index (χ1) is 10.1. The number of nitriles is 1. The molecule has 1 aliphatic heterocycles. The maximum atomic E-state index is 12.9. The predicted octanol–water partition coefficient (Wildman–Crippen LogP) is 4.29. The normalized spacial score (nSPS) is 18.0. The number of piperidine rings is 1. The van der Waals surface area contributed by atoms with Crippen LogP contribution in [-0.2, 0) is 17.8 Å². The second-order valence-electron chi connectivity index (χ2n) is 5.24. The van der Waals surface area contributed by atoms with Crippen LogP contribution in [0.3, 0.4) is 0 Å². The summed E-state index contributed by atoms with van der Waals surface area (Å²) < 4.78 is 77.2. The Balaban J connectivity index is 0.00000264. The molecule has 9 heteroatoms. The molecule has 0 amide bonds. The van der Waals surface area contributed by atoms with E-state index in [4.69, 9.17) is 0 Å². The van der Waals surface area contributed by atoms with Crippen LogP contribution in [0.4, 0.5) is 26.3 Å². The van der Waals surface area contributed by atoms with E-state index in [0.717, 1.165) is 0 Å². The number of nitrogens with one attached hydrogen (secondary N) is 1. The highest BCUT2D eigenvalue weighted by atomic mass is 35.5. The molecule has 2 rings (SSSR count). The zero-order chi connectivity index (χ0) is 16.6. The lowest BCUT2D eigenvalue weighted by Gasteiger charge is -2.32. The molecule has 0 saturated carbocycles. The second-order valence-corrected chi connectivity index (χ2v) is 5.24. The molecule has 0 bridgehead atoms. The molecule has 0 spiro atoms. The van der Waals surface area contributed by atoms with Crippen molar-refractivity contribution >= 4 is 12.4 Å². The van der Waals surface area contributed by atoms with Crippen LogP contribution in [-0.4, -0.2) is 13.1 Å². The molecule has 1 aliphatic rings. The van der Waals surface area contributed by atoms with Gasteiger partial charge in [-0.1, -0.05) is 0 Å². The summed E-state index contributed by atoms with van der Waals surface area (Å²) in [5, 5.41) is 12.3. The Morgan fingerprint density at radius 3 is 1.70 bits per heavy atom. The van der Waals surface area contributed by atoms with Crippen molar-refractivity contribution in [2.75, 3.05) is 13.1 Å². The van der Waals surface area contributed by atoms with Gasteiger partial charge < -0.3 is 5.32 Å². The third kappa shape index (κ3) is 4.09. The molecular formula is C14H13ClF6N2. The minimum atomic E-state index is -4.90. The van der Waals surface area contributed by atoms with Gasteiger partial charge in [0.25, 0.3) is 0 Å².